The molecule has 0 saturated carbocycles. The van der Waals surface area contributed by atoms with Crippen LogP contribution in [-0.2, 0) is 4.79 Å². The Balaban J connectivity index is 2.90. The van der Waals surface area contributed by atoms with Gasteiger partial charge in [0.25, 0.3) is 5.91 Å². The number of carbonyl (C=O) groups excluding carboxylic acids is 2. The van der Waals surface area contributed by atoms with Gasteiger partial charge in [0, 0.05) is 24.8 Å². The van der Waals surface area contributed by atoms with Crippen molar-refractivity contribution in [3.8, 4) is 0 Å². The average molecular weight is 326 g/mol. The van der Waals surface area contributed by atoms with Crippen molar-refractivity contribution in [2.24, 2.45) is 11.7 Å². The number of carbonyl (C=O) groups is 2. The number of nitrogens with one attached hydrogen (secondary N) is 1. The molecule has 22 heavy (non-hydrogen) atoms. The minimum Gasteiger partial charge on any atom is -0.339 e. The van der Waals surface area contributed by atoms with Gasteiger partial charge < -0.3 is 16.0 Å². The molecular weight excluding hydrogens is 302 g/mol. The van der Waals surface area contributed by atoms with Gasteiger partial charge in [-0.2, -0.15) is 0 Å². The molecule has 0 saturated heterocycles. The van der Waals surface area contributed by atoms with Gasteiger partial charge in [-0.1, -0.05) is 18.5 Å². The summed E-state index contributed by atoms with van der Waals surface area (Å²) in [5.41, 5.74) is 6.70. The molecule has 0 radical (unpaired) electrons. The number of hydrogen-bond donors (Lipinski definition) is 2. The Labute approximate surface area is 136 Å². The van der Waals surface area contributed by atoms with Gasteiger partial charge >= 0.3 is 0 Å². The van der Waals surface area contributed by atoms with Gasteiger partial charge in [0.2, 0.25) is 5.91 Å². The minimum atomic E-state index is -0.309. The quantitative estimate of drug-likeness (QED) is 0.844. The third-order valence-corrected chi connectivity index (χ3v) is 4.03. The van der Waals surface area contributed by atoms with E-state index in [9.17, 15) is 9.59 Å². The molecule has 1 aromatic carbocycles. The highest BCUT2D eigenvalue weighted by Gasteiger charge is 2.19. The van der Waals surface area contributed by atoms with E-state index in [2.05, 4.69) is 5.32 Å². The second-order valence-electron chi connectivity index (χ2n) is 5.31. The number of hydrogen-bond acceptors (Lipinski definition) is 3. The zero-order chi connectivity index (χ0) is 16.9. The summed E-state index contributed by atoms with van der Waals surface area (Å²) >= 11 is 6.18. The number of benzene rings is 1. The van der Waals surface area contributed by atoms with E-state index in [1.807, 2.05) is 13.8 Å². The summed E-state index contributed by atoms with van der Waals surface area (Å²) in [6.45, 7) is 8.62. The first kappa shape index (κ1) is 18.5. The summed E-state index contributed by atoms with van der Waals surface area (Å²) < 4.78 is 0. The van der Waals surface area contributed by atoms with Crippen LogP contribution in [-0.4, -0.2) is 35.8 Å². The van der Waals surface area contributed by atoms with E-state index in [1.54, 1.807) is 36.9 Å². The van der Waals surface area contributed by atoms with Crippen LogP contribution in [0.25, 0.3) is 0 Å². The van der Waals surface area contributed by atoms with Crippen LogP contribution in [0.1, 0.15) is 38.1 Å². The maximum Gasteiger partial charge on any atom is 0.255 e. The molecule has 0 aliphatic heterocycles. The van der Waals surface area contributed by atoms with Crippen molar-refractivity contribution < 1.29 is 9.59 Å². The molecule has 2 atom stereocenters. The van der Waals surface area contributed by atoms with Gasteiger partial charge in [0.05, 0.1) is 16.5 Å². The molecule has 0 aromatic heterocycles. The largest absolute Gasteiger partial charge is 0.339 e. The molecular formula is C16H24ClN3O2. The van der Waals surface area contributed by atoms with Gasteiger partial charge in [-0.25, -0.2) is 0 Å². The van der Waals surface area contributed by atoms with Crippen LogP contribution in [0, 0.1) is 5.92 Å². The number of halogens is 1. The Morgan fingerprint density at radius 1 is 1.27 bits per heavy atom. The van der Waals surface area contributed by atoms with Crippen molar-refractivity contribution in [1.29, 1.82) is 0 Å². The first-order chi connectivity index (χ1) is 10.3. The van der Waals surface area contributed by atoms with Crippen LogP contribution in [0.4, 0.5) is 5.69 Å². The lowest BCUT2D eigenvalue weighted by Gasteiger charge is -2.20. The highest BCUT2D eigenvalue weighted by atomic mass is 35.5. The van der Waals surface area contributed by atoms with Gasteiger partial charge in [0.1, 0.15) is 0 Å². The van der Waals surface area contributed by atoms with Gasteiger partial charge in [0.15, 0.2) is 0 Å². The highest BCUT2D eigenvalue weighted by Crippen LogP contribution is 2.23. The zero-order valence-electron chi connectivity index (χ0n) is 13.5. The number of amides is 2. The molecule has 5 nitrogen and oxygen atoms in total. The van der Waals surface area contributed by atoms with E-state index in [4.69, 9.17) is 17.3 Å². The van der Waals surface area contributed by atoms with Crippen molar-refractivity contribution >= 4 is 29.1 Å². The molecule has 0 heterocycles. The highest BCUT2D eigenvalue weighted by molar-refractivity contribution is 6.34. The van der Waals surface area contributed by atoms with Crippen LogP contribution in [0.2, 0.25) is 5.02 Å². The fourth-order valence-corrected chi connectivity index (χ4v) is 2.20. The molecule has 122 valence electrons. The molecule has 0 aliphatic rings. The smallest absolute Gasteiger partial charge is 0.255 e. The molecule has 2 amide bonds. The SMILES string of the molecule is CCN(CC)C(=O)c1ccc(NC(=O)C(C)C(C)N)cc1Cl. The molecule has 0 aliphatic carbocycles. The third-order valence-electron chi connectivity index (χ3n) is 3.72. The zero-order valence-corrected chi connectivity index (χ0v) is 14.3. The summed E-state index contributed by atoms with van der Waals surface area (Å²) in [7, 11) is 0. The third kappa shape index (κ3) is 4.45. The van der Waals surface area contributed by atoms with Gasteiger partial charge in [-0.15, -0.1) is 0 Å². The van der Waals surface area contributed by atoms with Crippen molar-refractivity contribution in [1.82, 2.24) is 4.90 Å². The normalized spacial score (nSPS) is 13.4. The molecule has 1 aromatic rings. The van der Waals surface area contributed by atoms with Crippen LogP contribution >= 0.6 is 11.6 Å². The van der Waals surface area contributed by atoms with Crippen molar-refractivity contribution in [2.75, 3.05) is 18.4 Å². The first-order valence-corrected chi connectivity index (χ1v) is 7.84. The monoisotopic (exact) mass is 325 g/mol. The van der Waals surface area contributed by atoms with Gasteiger partial charge in [-0.05, 0) is 39.0 Å². The topological polar surface area (TPSA) is 75.4 Å². The summed E-state index contributed by atoms with van der Waals surface area (Å²) in [6, 6.07) is 4.66. The second kappa shape index (κ2) is 8.15. The fraction of sp³-hybridized carbons (Fsp3) is 0.500. The predicted octanol–water partition coefficient (Wildman–Crippen LogP) is 2.74. The number of rotatable bonds is 6. The summed E-state index contributed by atoms with van der Waals surface area (Å²) in [4.78, 5) is 26.0. The van der Waals surface area contributed by atoms with E-state index in [-0.39, 0.29) is 23.8 Å². The Hall–Kier alpha value is -1.59. The molecule has 3 N–H and O–H groups in total. The van der Waals surface area contributed by atoms with E-state index < -0.39 is 0 Å². The lowest BCUT2D eigenvalue weighted by Crippen LogP contribution is -2.34. The standard InChI is InChI=1S/C16H24ClN3O2/c1-5-20(6-2)16(22)13-8-7-12(9-14(13)17)19-15(21)10(3)11(4)18/h7-11H,5-6,18H2,1-4H3,(H,19,21). The van der Waals surface area contributed by atoms with E-state index >= 15 is 0 Å². The Kier molecular flexibility index (Phi) is 6.84. The van der Waals surface area contributed by atoms with Crippen molar-refractivity contribution in [3.63, 3.8) is 0 Å². The maximum atomic E-state index is 12.3. The maximum absolute atomic E-state index is 12.3. The van der Waals surface area contributed by atoms with Gasteiger partial charge in [-0.3, -0.25) is 9.59 Å². The summed E-state index contributed by atoms with van der Waals surface area (Å²) in [6.07, 6.45) is 0. The number of nitrogens with zero attached hydrogens (tertiary/aromatic N) is 1. The van der Waals surface area contributed by atoms with E-state index in [0.29, 0.717) is 29.4 Å². The van der Waals surface area contributed by atoms with Crippen LogP contribution < -0.4 is 11.1 Å². The van der Waals surface area contributed by atoms with Crippen molar-refractivity contribution in [3.05, 3.63) is 28.8 Å². The number of anilines is 1. The molecule has 2 unspecified atom stereocenters. The molecule has 1 rings (SSSR count). The first-order valence-electron chi connectivity index (χ1n) is 7.47. The lowest BCUT2D eigenvalue weighted by atomic mass is 10.0. The van der Waals surface area contributed by atoms with Crippen LogP contribution in [0.3, 0.4) is 0 Å². The molecule has 0 bridgehead atoms. The Bertz CT molecular complexity index is 542. The van der Waals surface area contributed by atoms with E-state index in [1.165, 1.54) is 0 Å². The summed E-state index contributed by atoms with van der Waals surface area (Å²) in [5, 5.41) is 3.08. The predicted molar refractivity (Wildman–Crippen MR) is 90.1 cm³/mol. The van der Waals surface area contributed by atoms with Crippen LogP contribution in [0.15, 0.2) is 18.2 Å². The summed E-state index contributed by atoms with van der Waals surface area (Å²) in [5.74, 6) is -0.596. The Morgan fingerprint density at radius 3 is 2.32 bits per heavy atom. The van der Waals surface area contributed by atoms with Crippen molar-refractivity contribution in [2.45, 2.75) is 33.7 Å². The number of nitrogens with two attached hydrogens (primary N) is 1. The average Bonchev–Trinajstić information content (AvgIpc) is 2.47. The molecule has 0 fully saturated rings. The lowest BCUT2D eigenvalue weighted by molar-refractivity contribution is -0.119. The molecule has 6 heteroatoms. The van der Waals surface area contributed by atoms with E-state index in [0.717, 1.165) is 0 Å². The Morgan fingerprint density at radius 2 is 1.86 bits per heavy atom. The minimum absolute atomic E-state index is 0.114. The fourth-order valence-electron chi connectivity index (χ4n) is 1.94. The second-order valence-corrected chi connectivity index (χ2v) is 5.72. The molecule has 0 spiro atoms. The van der Waals surface area contributed by atoms with Crippen LogP contribution in [0.5, 0.6) is 0 Å².